The molecule has 0 bridgehead atoms. The van der Waals surface area contributed by atoms with Crippen molar-refractivity contribution in [3.8, 4) is 11.5 Å². The predicted octanol–water partition coefficient (Wildman–Crippen LogP) is 5.87. The minimum atomic E-state index is -1.08. The molecule has 0 spiro atoms. The Morgan fingerprint density at radius 3 is 1.68 bits per heavy atom. The van der Waals surface area contributed by atoms with Gasteiger partial charge in [0.05, 0.1) is 5.92 Å². The van der Waals surface area contributed by atoms with Crippen molar-refractivity contribution in [2.75, 3.05) is 0 Å². The van der Waals surface area contributed by atoms with Gasteiger partial charge in [-0.1, -0.05) is 46.6 Å². The topological polar surface area (TPSA) is 150 Å². The predicted molar refractivity (Wildman–Crippen MR) is 152 cm³/mol. The summed E-state index contributed by atoms with van der Waals surface area (Å²) in [5.74, 6) is -1.50. The second-order valence-electron chi connectivity index (χ2n) is 10.3. The van der Waals surface area contributed by atoms with Crippen molar-refractivity contribution in [1.82, 2.24) is 0 Å². The third-order valence-electron chi connectivity index (χ3n) is 6.42. The van der Waals surface area contributed by atoms with E-state index in [0.717, 1.165) is 12.8 Å². The van der Waals surface area contributed by atoms with Crippen LogP contribution in [0, 0.1) is 5.92 Å². The molecule has 0 fully saturated rings. The van der Waals surface area contributed by atoms with E-state index in [2.05, 4.69) is 0 Å². The van der Waals surface area contributed by atoms with Gasteiger partial charge in [-0.3, -0.25) is 9.59 Å². The maximum atomic E-state index is 12.7. The fourth-order valence-electron chi connectivity index (χ4n) is 3.60. The molecule has 0 aliphatic heterocycles. The lowest BCUT2D eigenvalue weighted by Crippen LogP contribution is -2.40. The molecule has 1 aromatic carbocycles. The SMILES string of the molecule is CCCC(C)OC(=O)Oc1ccc(C[C@H](N)C(=O)O[C@@H](C)[C@H](C)OC(=O)C(C)CC)cc1OC(=O)OC(C)CCC. The Bertz CT molecular complexity index is 997. The van der Waals surface area contributed by atoms with E-state index in [1.54, 1.807) is 40.7 Å². The van der Waals surface area contributed by atoms with E-state index < -0.39 is 36.5 Å². The van der Waals surface area contributed by atoms with E-state index in [-0.39, 0.29) is 42.0 Å². The van der Waals surface area contributed by atoms with Crippen molar-refractivity contribution in [3.05, 3.63) is 23.8 Å². The van der Waals surface area contributed by atoms with Gasteiger partial charge >= 0.3 is 24.2 Å². The summed E-state index contributed by atoms with van der Waals surface area (Å²) in [5.41, 5.74) is 6.60. The molecule has 11 heteroatoms. The minimum absolute atomic E-state index is 0.0164. The molecule has 0 aromatic heterocycles. The Labute approximate surface area is 243 Å². The highest BCUT2D eigenvalue weighted by Gasteiger charge is 2.26. The molecule has 11 nitrogen and oxygen atoms in total. The Kier molecular flexibility index (Phi) is 15.8. The largest absolute Gasteiger partial charge is 0.514 e. The molecule has 3 unspecified atom stereocenters. The highest BCUT2D eigenvalue weighted by Crippen LogP contribution is 2.30. The van der Waals surface area contributed by atoms with Gasteiger partial charge in [0.1, 0.15) is 30.5 Å². The van der Waals surface area contributed by atoms with Gasteiger partial charge < -0.3 is 34.2 Å². The lowest BCUT2D eigenvalue weighted by atomic mass is 10.1. The first kappa shape index (κ1) is 35.7. The Morgan fingerprint density at radius 2 is 1.20 bits per heavy atom. The molecule has 41 heavy (non-hydrogen) atoms. The van der Waals surface area contributed by atoms with Crippen LogP contribution in [-0.4, -0.2) is 54.7 Å². The van der Waals surface area contributed by atoms with E-state index in [1.807, 2.05) is 20.8 Å². The van der Waals surface area contributed by atoms with Crippen LogP contribution in [-0.2, 0) is 35.0 Å². The standard InChI is InChI=1S/C30H47NO10/c1-9-12-19(5)36-29(34)40-25-15-14-23(17-26(25)41-30(35)37-20(6)13-10-2)16-24(31)28(33)39-22(8)21(7)38-27(32)18(4)11-3/h14-15,17-22,24H,9-13,16,31H2,1-8H3/t18?,19?,20?,21-,22-,24-/m0/s1. The molecule has 0 aliphatic rings. The zero-order valence-electron chi connectivity index (χ0n) is 25.6. The lowest BCUT2D eigenvalue weighted by molar-refractivity contribution is -0.168. The third-order valence-corrected chi connectivity index (χ3v) is 6.42. The Hall–Kier alpha value is -3.34. The van der Waals surface area contributed by atoms with Crippen molar-refractivity contribution >= 4 is 24.2 Å². The molecule has 6 atom stereocenters. The van der Waals surface area contributed by atoms with Crippen LogP contribution in [0.2, 0.25) is 0 Å². The number of hydrogen-bond donors (Lipinski definition) is 1. The van der Waals surface area contributed by atoms with Crippen molar-refractivity contribution < 1.29 is 47.6 Å². The number of benzene rings is 1. The fraction of sp³-hybridized carbons (Fsp3) is 0.667. The van der Waals surface area contributed by atoms with Gasteiger partial charge in [-0.25, -0.2) is 9.59 Å². The van der Waals surface area contributed by atoms with Gasteiger partial charge in [0.25, 0.3) is 0 Å². The fourth-order valence-corrected chi connectivity index (χ4v) is 3.60. The number of ether oxygens (including phenoxy) is 6. The molecule has 0 radical (unpaired) electrons. The second kappa shape index (κ2) is 18.2. The Balaban J connectivity index is 2.98. The van der Waals surface area contributed by atoms with Gasteiger partial charge in [0.2, 0.25) is 0 Å². The van der Waals surface area contributed by atoms with E-state index in [0.29, 0.717) is 24.8 Å². The van der Waals surface area contributed by atoms with Crippen LogP contribution in [0.1, 0.15) is 93.1 Å². The highest BCUT2D eigenvalue weighted by molar-refractivity contribution is 5.76. The summed E-state index contributed by atoms with van der Waals surface area (Å²) < 4.78 is 31.9. The van der Waals surface area contributed by atoms with Crippen molar-refractivity contribution in [2.24, 2.45) is 11.7 Å². The van der Waals surface area contributed by atoms with Crippen molar-refractivity contribution in [3.63, 3.8) is 0 Å². The highest BCUT2D eigenvalue weighted by atomic mass is 16.7. The molecule has 2 N–H and O–H groups in total. The first-order chi connectivity index (χ1) is 19.3. The summed E-state index contributed by atoms with van der Waals surface area (Å²) in [6.07, 6.45) is -0.461. The van der Waals surface area contributed by atoms with Crippen LogP contribution in [0.5, 0.6) is 11.5 Å². The third kappa shape index (κ3) is 13.2. The average molecular weight is 582 g/mol. The zero-order valence-corrected chi connectivity index (χ0v) is 25.6. The monoisotopic (exact) mass is 581 g/mol. The summed E-state index contributed by atoms with van der Waals surface area (Å²) in [5, 5.41) is 0. The first-order valence-corrected chi connectivity index (χ1v) is 14.4. The maximum Gasteiger partial charge on any atom is 0.514 e. The molecule has 0 amide bonds. The van der Waals surface area contributed by atoms with E-state index in [9.17, 15) is 19.2 Å². The van der Waals surface area contributed by atoms with Gasteiger partial charge in [-0.05, 0) is 71.1 Å². The number of carbonyl (C=O) groups is 4. The van der Waals surface area contributed by atoms with Crippen LogP contribution in [0.25, 0.3) is 0 Å². The summed E-state index contributed by atoms with van der Waals surface area (Å²) in [6.45, 7) is 14.3. The molecule has 0 saturated carbocycles. The first-order valence-electron chi connectivity index (χ1n) is 14.4. The Morgan fingerprint density at radius 1 is 0.707 bits per heavy atom. The molecule has 0 saturated heterocycles. The summed E-state index contributed by atoms with van der Waals surface area (Å²) in [6, 6.07) is 3.34. The average Bonchev–Trinajstić information content (AvgIpc) is 2.89. The minimum Gasteiger partial charge on any atom is -0.459 e. The van der Waals surface area contributed by atoms with Gasteiger partial charge in [-0.15, -0.1) is 0 Å². The molecule has 0 heterocycles. The van der Waals surface area contributed by atoms with Gasteiger partial charge in [0, 0.05) is 0 Å². The number of esters is 2. The number of nitrogens with two attached hydrogens (primary N) is 1. The molecule has 1 rings (SSSR count). The van der Waals surface area contributed by atoms with Crippen LogP contribution in [0.4, 0.5) is 9.59 Å². The molecule has 0 aliphatic carbocycles. The number of carbonyl (C=O) groups excluding carboxylic acids is 4. The summed E-state index contributed by atoms with van der Waals surface area (Å²) in [7, 11) is 0. The summed E-state index contributed by atoms with van der Waals surface area (Å²) >= 11 is 0. The number of rotatable bonds is 16. The smallest absolute Gasteiger partial charge is 0.459 e. The van der Waals surface area contributed by atoms with Gasteiger partial charge in [-0.2, -0.15) is 0 Å². The van der Waals surface area contributed by atoms with Crippen LogP contribution in [0.15, 0.2) is 18.2 Å². The normalized spacial score (nSPS) is 15.3. The molecule has 232 valence electrons. The van der Waals surface area contributed by atoms with Crippen LogP contribution in [0.3, 0.4) is 0 Å². The lowest BCUT2D eigenvalue weighted by Gasteiger charge is -2.23. The maximum absolute atomic E-state index is 12.7. The quantitative estimate of drug-likeness (QED) is 0.142. The molecule has 1 aromatic rings. The zero-order chi connectivity index (χ0) is 31.1. The summed E-state index contributed by atoms with van der Waals surface area (Å²) in [4.78, 5) is 49.4. The second-order valence-corrected chi connectivity index (χ2v) is 10.3. The van der Waals surface area contributed by atoms with Crippen LogP contribution >= 0.6 is 0 Å². The van der Waals surface area contributed by atoms with E-state index in [4.69, 9.17) is 34.2 Å². The van der Waals surface area contributed by atoms with Gasteiger partial charge in [0.15, 0.2) is 11.5 Å². The van der Waals surface area contributed by atoms with E-state index >= 15 is 0 Å². The van der Waals surface area contributed by atoms with Crippen LogP contribution < -0.4 is 15.2 Å². The number of hydrogen-bond acceptors (Lipinski definition) is 11. The van der Waals surface area contributed by atoms with E-state index in [1.165, 1.54) is 12.1 Å². The molecular formula is C30H47NO10. The van der Waals surface area contributed by atoms with Crippen molar-refractivity contribution in [1.29, 1.82) is 0 Å². The van der Waals surface area contributed by atoms with Crippen molar-refractivity contribution in [2.45, 2.75) is 124 Å². The molecular weight excluding hydrogens is 534 g/mol.